The molecule has 1 atom stereocenters. The molecule has 0 spiro atoms. The third kappa shape index (κ3) is 3.76. The van der Waals surface area contributed by atoms with Crippen molar-refractivity contribution in [2.45, 2.75) is 25.8 Å². The normalized spacial score (nSPS) is 19.2. The van der Waals surface area contributed by atoms with Crippen LogP contribution in [0.2, 0.25) is 0 Å². The highest BCUT2D eigenvalue weighted by molar-refractivity contribution is 5.96. The summed E-state index contributed by atoms with van der Waals surface area (Å²) >= 11 is 0. The second-order valence-corrected chi connectivity index (χ2v) is 6.76. The molecule has 2 aliphatic rings. The monoisotopic (exact) mass is 330 g/mol. The van der Waals surface area contributed by atoms with Crippen LogP contribution in [0, 0.1) is 0 Å². The van der Waals surface area contributed by atoms with E-state index in [4.69, 9.17) is 5.73 Å². The number of benzene rings is 1. The number of anilines is 1. The highest BCUT2D eigenvalue weighted by Gasteiger charge is 2.27. The minimum atomic E-state index is -0.104. The van der Waals surface area contributed by atoms with Crippen LogP contribution in [0.5, 0.6) is 0 Å². The van der Waals surface area contributed by atoms with E-state index in [1.165, 1.54) is 5.56 Å². The van der Waals surface area contributed by atoms with E-state index in [-0.39, 0.29) is 17.9 Å². The van der Waals surface area contributed by atoms with E-state index in [1.54, 1.807) is 0 Å². The van der Waals surface area contributed by atoms with Crippen LogP contribution in [0.3, 0.4) is 0 Å². The molecule has 2 amide bonds. The van der Waals surface area contributed by atoms with Gasteiger partial charge in [0, 0.05) is 50.9 Å². The first kappa shape index (κ1) is 16.9. The average Bonchev–Trinajstić information content (AvgIpc) is 2.99. The summed E-state index contributed by atoms with van der Waals surface area (Å²) in [5.74, 6) is 0.264. The third-order valence-electron chi connectivity index (χ3n) is 4.77. The Labute approximate surface area is 143 Å². The highest BCUT2D eigenvalue weighted by Crippen LogP contribution is 2.27. The maximum absolute atomic E-state index is 12.6. The molecule has 1 unspecified atom stereocenters. The van der Waals surface area contributed by atoms with E-state index in [0.717, 1.165) is 31.7 Å². The fourth-order valence-corrected chi connectivity index (χ4v) is 3.43. The second kappa shape index (κ2) is 7.32. The van der Waals surface area contributed by atoms with Crippen molar-refractivity contribution in [2.75, 3.05) is 44.2 Å². The van der Waals surface area contributed by atoms with Crippen molar-refractivity contribution in [3.63, 3.8) is 0 Å². The predicted octanol–water partition coefficient (Wildman–Crippen LogP) is 0.457. The molecule has 1 fully saturated rings. The van der Waals surface area contributed by atoms with Crippen LogP contribution in [0.25, 0.3) is 0 Å². The van der Waals surface area contributed by atoms with Gasteiger partial charge in [-0.25, -0.2) is 0 Å². The molecule has 6 heteroatoms. The van der Waals surface area contributed by atoms with Crippen LogP contribution in [-0.2, 0) is 16.0 Å². The Balaban J connectivity index is 1.50. The number of amides is 2. The van der Waals surface area contributed by atoms with Gasteiger partial charge in [-0.1, -0.05) is 18.2 Å². The summed E-state index contributed by atoms with van der Waals surface area (Å²) in [6.45, 7) is 5.87. The molecule has 0 aliphatic carbocycles. The van der Waals surface area contributed by atoms with Gasteiger partial charge in [0.25, 0.3) is 0 Å². The third-order valence-corrected chi connectivity index (χ3v) is 4.77. The number of nitrogens with zero attached hydrogens (tertiary/aromatic N) is 3. The minimum absolute atomic E-state index is 0.104. The smallest absolute Gasteiger partial charge is 0.241 e. The van der Waals surface area contributed by atoms with Gasteiger partial charge in [0.15, 0.2) is 0 Å². The summed E-state index contributed by atoms with van der Waals surface area (Å²) in [6, 6.07) is 8.00. The molecule has 2 aliphatic heterocycles. The van der Waals surface area contributed by atoms with E-state index in [9.17, 15) is 9.59 Å². The number of para-hydroxylation sites is 1. The van der Waals surface area contributed by atoms with Crippen molar-refractivity contribution in [1.82, 2.24) is 9.80 Å². The first-order chi connectivity index (χ1) is 11.5. The van der Waals surface area contributed by atoms with E-state index in [1.807, 2.05) is 34.9 Å². The molecule has 130 valence electrons. The van der Waals surface area contributed by atoms with Crippen LogP contribution in [0.4, 0.5) is 5.69 Å². The molecule has 0 bridgehead atoms. The van der Waals surface area contributed by atoms with Gasteiger partial charge >= 0.3 is 0 Å². The number of rotatable bonds is 4. The largest absolute Gasteiger partial charge is 0.340 e. The number of hydrogen-bond donors (Lipinski definition) is 1. The summed E-state index contributed by atoms with van der Waals surface area (Å²) in [7, 11) is 0. The van der Waals surface area contributed by atoms with E-state index in [2.05, 4.69) is 11.0 Å². The van der Waals surface area contributed by atoms with Crippen molar-refractivity contribution in [3.8, 4) is 0 Å². The van der Waals surface area contributed by atoms with Crippen molar-refractivity contribution >= 4 is 17.5 Å². The van der Waals surface area contributed by atoms with Gasteiger partial charge in [0.05, 0.1) is 6.54 Å². The molecule has 1 saturated heterocycles. The Morgan fingerprint density at radius 1 is 1.08 bits per heavy atom. The lowest BCUT2D eigenvalue weighted by Crippen LogP contribution is -2.52. The topological polar surface area (TPSA) is 69.9 Å². The molecule has 3 rings (SSSR count). The standard InChI is InChI=1S/C18H26N4O2/c1-14(19)12-17(23)21-10-8-20(9-11-21)13-18(24)22-7-6-15-4-2-3-5-16(15)22/h2-5,14H,6-13,19H2,1H3. The van der Waals surface area contributed by atoms with Crippen LogP contribution in [0.1, 0.15) is 18.9 Å². The molecule has 6 nitrogen and oxygen atoms in total. The Morgan fingerprint density at radius 3 is 2.50 bits per heavy atom. The Morgan fingerprint density at radius 2 is 1.79 bits per heavy atom. The Bertz CT molecular complexity index is 609. The molecule has 0 radical (unpaired) electrons. The van der Waals surface area contributed by atoms with Gasteiger partial charge in [-0.15, -0.1) is 0 Å². The number of fused-ring (bicyclic) bond motifs is 1. The number of carbonyl (C=O) groups excluding carboxylic acids is 2. The summed E-state index contributed by atoms with van der Waals surface area (Å²) in [5, 5.41) is 0. The zero-order valence-corrected chi connectivity index (χ0v) is 14.3. The first-order valence-electron chi connectivity index (χ1n) is 8.68. The summed E-state index contributed by atoms with van der Waals surface area (Å²) in [4.78, 5) is 30.5. The van der Waals surface area contributed by atoms with Gasteiger partial charge < -0.3 is 15.5 Å². The average molecular weight is 330 g/mol. The number of piperazine rings is 1. The highest BCUT2D eigenvalue weighted by atomic mass is 16.2. The Hall–Kier alpha value is -1.92. The fraction of sp³-hybridized carbons (Fsp3) is 0.556. The van der Waals surface area contributed by atoms with Crippen LogP contribution in [-0.4, -0.2) is 66.9 Å². The molecule has 2 N–H and O–H groups in total. The van der Waals surface area contributed by atoms with Crippen LogP contribution in [0.15, 0.2) is 24.3 Å². The molecule has 1 aromatic rings. The first-order valence-corrected chi connectivity index (χ1v) is 8.68. The maximum atomic E-state index is 12.6. The second-order valence-electron chi connectivity index (χ2n) is 6.76. The van der Waals surface area contributed by atoms with E-state index >= 15 is 0 Å². The zero-order chi connectivity index (χ0) is 17.1. The molecule has 1 aromatic carbocycles. The van der Waals surface area contributed by atoms with Crippen LogP contribution >= 0.6 is 0 Å². The summed E-state index contributed by atoms with van der Waals surface area (Å²) in [6.07, 6.45) is 1.32. The SMILES string of the molecule is CC(N)CC(=O)N1CCN(CC(=O)N2CCc3ccccc32)CC1. The molecular weight excluding hydrogens is 304 g/mol. The Kier molecular flexibility index (Phi) is 5.16. The van der Waals surface area contributed by atoms with Crippen molar-refractivity contribution in [2.24, 2.45) is 5.73 Å². The molecule has 0 aromatic heterocycles. The molecule has 2 heterocycles. The number of hydrogen-bond acceptors (Lipinski definition) is 4. The van der Waals surface area contributed by atoms with E-state index < -0.39 is 0 Å². The number of carbonyl (C=O) groups is 2. The van der Waals surface area contributed by atoms with Crippen LogP contribution < -0.4 is 10.6 Å². The lowest BCUT2D eigenvalue weighted by Gasteiger charge is -2.35. The minimum Gasteiger partial charge on any atom is -0.340 e. The zero-order valence-electron chi connectivity index (χ0n) is 14.3. The van der Waals surface area contributed by atoms with Gasteiger partial charge in [-0.3, -0.25) is 14.5 Å². The van der Waals surface area contributed by atoms with Crippen molar-refractivity contribution in [3.05, 3.63) is 29.8 Å². The molecule has 0 saturated carbocycles. The van der Waals surface area contributed by atoms with E-state index in [0.29, 0.717) is 26.1 Å². The lowest BCUT2D eigenvalue weighted by molar-refractivity contribution is -0.133. The predicted molar refractivity (Wildman–Crippen MR) is 93.8 cm³/mol. The maximum Gasteiger partial charge on any atom is 0.241 e. The lowest BCUT2D eigenvalue weighted by atomic mass is 10.2. The van der Waals surface area contributed by atoms with Gasteiger partial charge in [0.2, 0.25) is 11.8 Å². The van der Waals surface area contributed by atoms with Crippen molar-refractivity contribution < 1.29 is 9.59 Å². The van der Waals surface area contributed by atoms with Gasteiger partial charge in [0.1, 0.15) is 0 Å². The molecule has 24 heavy (non-hydrogen) atoms. The van der Waals surface area contributed by atoms with Gasteiger partial charge in [-0.05, 0) is 25.0 Å². The van der Waals surface area contributed by atoms with Crippen molar-refractivity contribution in [1.29, 1.82) is 0 Å². The van der Waals surface area contributed by atoms with Gasteiger partial charge in [-0.2, -0.15) is 0 Å². The number of nitrogens with two attached hydrogens (primary N) is 1. The summed E-state index contributed by atoms with van der Waals surface area (Å²) < 4.78 is 0. The fourth-order valence-electron chi connectivity index (χ4n) is 3.43. The quantitative estimate of drug-likeness (QED) is 0.871. The molecular formula is C18H26N4O2. The summed E-state index contributed by atoms with van der Waals surface area (Å²) in [5.41, 5.74) is 7.99.